The second-order valence-electron chi connectivity index (χ2n) is 7.84. The van der Waals surface area contributed by atoms with Crippen molar-refractivity contribution in [1.82, 2.24) is 9.80 Å². The minimum absolute atomic E-state index is 0.122. The third-order valence-electron chi connectivity index (χ3n) is 5.26. The molecule has 2 aromatic carbocycles. The first-order valence-electron chi connectivity index (χ1n) is 10.6. The van der Waals surface area contributed by atoms with Gasteiger partial charge < -0.3 is 19.3 Å². The Labute approximate surface area is 184 Å². The molecule has 3 rings (SSSR count). The van der Waals surface area contributed by atoms with Gasteiger partial charge in [0.2, 0.25) is 0 Å². The number of benzene rings is 2. The summed E-state index contributed by atoms with van der Waals surface area (Å²) in [4.78, 5) is 16.7. The van der Waals surface area contributed by atoms with Crippen LogP contribution in [0, 0.1) is 0 Å². The van der Waals surface area contributed by atoms with Gasteiger partial charge in [-0.05, 0) is 56.6 Å². The Kier molecular flexibility index (Phi) is 8.40. The first-order chi connectivity index (χ1) is 14.5. The summed E-state index contributed by atoms with van der Waals surface area (Å²) in [7, 11) is 3.46. The third kappa shape index (κ3) is 6.38. The number of nitrogens with zero attached hydrogens (tertiary/aromatic N) is 2. The molecule has 1 saturated heterocycles. The molecule has 0 spiro atoms. The number of carbonyl (C=O) groups excluding carboxylic acids is 1. The van der Waals surface area contributed by atoms with Crippen molar-refractivity contribution in [3.8, 4) is 11.5 Å². The summed E-state index contributed by atoms with van der Waals surface area (Å²) in [5.74, 6) is 1.08. The molecular formula is C24H31ClN2O3. The maximum Gasteiger partial charge on any atom is 0.257 e. The Morgan fingerprint density at radius 3 is 2.57 bits per heavy atom. The van der Waals surface area contributed by atoms with Gasteiger partial charge in [-0.2, -0.15) is 0 Å². The normalized spacial score (nSPS) is 14.4. The Balaban J connectivity index is 1.61. The van der Waals surface area contributed by atoms with E-state index in [2.05, 4.69) is 4.90 Å². The molecule has 0 aromatic heterocycles. The minimum atomic E-state index is -0.122. The maximum absolute atomic E-state index is 12.7. The smallest absolute Gasteiger partial charge is 0.257 e. The van der Waals surface area contributed by atoms with E-state index in [0.717, 1.165) is 18.5 Å². The molecule has 0 N–H and O–H groups in total. The van der Waals surface area contributed by atoms with Gasteiger partial charge in [0.05, 0.1) is 12.2 Å². The Hall–Kier alpha value is -2.24. The highest BCUT2D eigenvalue weighted by molar-refractivity contribution is 6.31. The van der Waals surface area contributed by atoms with Crippen LogP contribution >= 0.6 is 11.6 Å². The summed E-state index contributed by atoms with van der Waals surface area (Å²) in [6.45, 7) is 4.37. The van der Waals surface area contributed by atoms with Gasteiger partial charge in [-0.1, -0.05) is 36.2 Å². The summed E-state index contributed by atoms with van der Waals surface area (Å²) in [5.41, 5.74) is 1.36. The van der Waals surface area contributed by atoms with Crippen LogP contribution in [0.5, 0.6) is 11.5 Å². The maximum atomic E-state index is 12.7. The number of piperidine rings is 1. The zero-order valence-electron chi connectivity index (χ0n) is 17.9. The lowest BCUT2D eigenvalue weighted by atomic mass is 10.1. The molecule has 1 heterocycles. The molecule has 2 aromatic rings. The fraction of sp³-hybridized carbons (Fsp3) is 0.458. The van der Waals surface area contributed by atoms with Crippen LogP contribution in [0.2, 0.25) is 5.02 Å². The van der Waals surface area contributed by atoms with Gasteiger partial charge in [0.1, 0.15) is 18.1 Å². The van der Waals surface area contributed by atoms with Crippen LogP contribution in [0.4, 0.5) is 0 Å². The van der Waals surface area contributed by atoms with E-state index in [4.69, 9.17) is 21.1 Å². The molecule has 6 heteroatoms. The molecule has 162 valence electrons. The second-order valence-corrected chi connectivity index (χ2v) is 8.25. The minimum Gasteiger partial charge on any atom is -0.494 e. The number of carbonyl (C=O) groups is 1. The molecule has 1 amide bonds. The van der Waals surface area contributed by atoms with Crippen LogP contribution in [-0.2, 0) is 6.61 Å². The number of rotatable bonds is 9. The highest BCUT2D eigenvalue weighted by atomic mass is 35.5. The molecule has 0 saturated carbocycles. The predicted molar refractivity (Wildman–Crippen MR) is 121 cm³/mol. The molecule has 0 unspecified atom stereocenters. The summed E-state index contributed by atoms with van der Waals surface area (Å²) in [6, 6.07) is 13.0. The van der Waals surface area contributed by atoms with Gasteiger partial charge in [0.15, 0.2) is 0 Å². The Morgan fingerprint density at radius 1 is 1.07 bits per heavy atom. The zero-order valence-corrected chi connectivity index (χ0v) is 18.7. The van der Waals surface area contributed by atoms with Crippen LogP contribution in [0.25, 0.3) is 0 Å². The topological polar surface area (TPSA) is 42.0 Å². The highest BCUT2D eigenvalue weighted by Crippen LogP contribution is 2.27. The number of ether oxygens (including phenoxy) is 2. The second kappa shape index (κ2) is 11.2. The van der Waals surface area contributed by atoms with E-state index in [0.29, 0.717) is 35.3 Å². The predicted octanol–water partition coefficient (Wildman–Crippen LogP) is 4.88. The van der Waals surface area contributed by atoms with Crippen molar-refractivity contribution in [2.45, 2.75) is 32.3 Å². The Morgan fingerprint density at radius 2 is 1.83 bits per heavy atom. The quantitative estimate of drug-likeness (QED) is 0.532. The first kappa shape index (κ1) is 22.4. The van der Waals surface area contributed by atoms with Gasteiger partial charge in [-0.15, -0.1) is 0 Å². The fourth-order valence-electron chi connectivity index (χ4n) is 3.56. The zero-order chi connectivity index (χ0) is 21.3. The molecule has 1 aliphatic heterocycles. The van der Waals surface area contributed by atoms with Crippen LogP contribution in [0.3, 0.4) is 0 Å². The van der Waals surface area contributed by atoms with E-state index >= 15 is 0 Å². The molecule has 30 heavy (non-hydrogen) atoms. The van der Waals surface area contributed by atoms with Crippen LogP contribution in [0.1, 0.15) is 41.6 Å². The van der Waals surface area contributed by atoms with Crippen molar-refractivity contribution in [2.24, 2.45) is 0 Å². The van der Waals surface area contributed by atoms with Gasteiger partial charge in [0.25, 0.3) is 5.91 Å². The summed E-state index contributed by atoms with van der Waals surface area (Å²) in [5, 5.41) is 0.645. The molecule has 0 atom stereocenters. The summed E-state index contributed by atoms with van der Waals surface area (Å²) in [6.07, 6.45) is 4.92. The number of amides is 1. The highest BCUT2D eigenvalue weighted by Gasteiger charge is 2.17. The first-order valence-corrected chi connectivity index (χ1v) is 11.0. The van der Waals surface area contributed by atoms with Crippen LogP contribution < -0.4 is 9.47 Å². The number of halogens is 1. The average molecular weight is 431 g/mol. The van der Waals surface area contributed by atoms with Gasteiger partial charge in [-0.3, -0.25) is 4.79 Å². The molecule has 1 aliphatic rings. The Bertz CT molecular complexity index is 835. The molecule has 5 nitrogen and oxygen atoms in total. The number of likely N-dealkylation sites (tertiary alicyclic amines) is 1. The standard InChI is InChI=1S/C24H31ClN2O3/c1-26(2)24(28)21-17-20(29-16-8-15-27-13-6-3-7-14-27)11-12-23(21)30-18-19-9-4-5-10-22(19)25/h4-5,9-12,17H,3,6-8,13-16,18H2,1-2H3. The van der Waals surface area contributed by atoms with Crippen molar-refractivity contribution >= 4 is 17.5 Å². The molecule has 0 aliphatic carbocycles. The van der Waals surface area contributed by atoms with E-state index in [1.165, 1.54) is 37.3 Å². The lowest BCUT2D eigenvalue weighted by Gasteiger charge is -2.26. The average Bonchev–Trinajstić information content (AvgIpc) is 2.76. The number of hydrogen-bond acceptors (Lipinski definition) is 4. The SMILES string of the molecule is CN(C)C(=O)c1cc(OCCCN2CCCCC2)ccc1OCc1ccccc1Cl. The largest absolute Gasteiger partial charge is 0.494 e. The summed E-state index contributed by atoms with van der Waals surface area (Å²) < 4.78 is 11.9. The van der Waals surface area contributed by atoms with Crippen LogP contribution in [-0.4, -0.2) is 56.0 Å². The van der Waals surface area contributed by atoms with E-state index in [1.54, 1.807) is 26.2 Å². The lowest BCUT2D eigenvalue weighted by Crippen LogP contribution is -2.31. The fourth-order valence-corrected chi connectivity index (χ4v) is 3.76. The van der Waals surface area contributed by atoms with Gasteiger partial charge in [-0.25, -0.2) is 0 Å². The van der Waals surface area contributed by atoms with Crippen molar-refractivity contribution in [2.75, 3.05) is 40.3 Å². The molecular weight excluding hydrogens is 400 g/mol. The van der Waals surface area contributed by atoms with Crippen molar-refractivity contribution < 1.29 is 14.3 Å². The van der Waals surface area contributed by atoms with Gasteiger partial charge >= 0.3 is 0 Å². The van der Waals surface area contributed by atoms with Crippen LogP contribution in [0.15, 0.2) is 42.5 Å². The van der Waals surface area contributed by atoms with E-state index in [-0.39, 0.29) is 5.91 Å². The van der Waals surface area contributed by atoms with Crippen molar-refractivity contribution in [1.29, 1.82) is 0 Å². The van der Waals surface area contributed by atoms with Gasteiger partial charge in [0, 0.05) is 31.2 Å². The molecule has 0 bridgehead atoms. The number of hydrogen-bond donors (Lipinski definition) is 0. The summed E-state index contributed by atoms with van der Waals surface area (Å²) >= 11 is 6.22. The van der Waals surface area contributed by atoms with E-state index in [1.807, 2.05) is 30.3 Å². The molecule has 1 fully saturated rings. The monoisotopic (exact) mass is 430 g/mol. The van der Waals surface area contributed by atoms with Crippen molar-refractivity contribution in [3.63, 3.8) is 0 Å². The van der Waals surface area contributed by atoms with Crippen molar-refractivity contribution in [3.05, 3.63) is 58.6 Å². The lowest BCUT2D eigenvalue weighted by molar-refractivity contribution is 0.0822. The van der Waals surface area contributed by atoms with E-state index < -0.39 is 0 Å². The molecule has 0 radical (unpaired) electrons. The third-order valence-corrected chi connectivity index (χ3v) is 5.63. The van der Waals surface area contributed by atoms with E-state index in [9.17, 15) is 4.79 Å².